The minimum Gasteiger partial charge on any atom is -0.396 e. The Hall–Kier alpha value is -1.91. The molecule has 1 heterocycles. The average molecular weight is 262 g/mol. The number of fused-ring (bicyclic) bond motifs is 1. The Kier molecular flexibility index (Phi) is 2.27. The molecule has 19 heavy (non-hydrogen) atoms. The van der Waals surface area contributed by atoms with Crippen LogP contribution in [0.5, 0.6) is 0 Å². The highest BCUT2D eigenvalue weighted by Crippen LogP contribution is 2.63. The number of anilines is 1. The number of likely N-dealkylation sites (tertiary alicyclic amines) is 1. The van der Waals surface area contributed by atoms with Gasteiger partial charge in [0.1, 0.15) is 5.82 Å². The van der Waals surface area contributed by atoms with Crippen LogP contribution in [-0.2, 0) is 16.1 Å². The lowest BCUT2D eigenvalue weighted by atomic mass is 10.1. The van der Waals surface area contributed by atoms with Gasteiger partial charge in [0, 0.05) is 0 Å². The maximum atomic E-state index is 13.3. The first-order chi connectivity index (χ1) is 8.84. The maximum Gasteiger partial charge on any atom is 0.233 e. The number of nitrogen functional groups attached to an aromatic ring is 1. The van der Waals surface area contributed by atoms with Crippen LogP contribution in [0.15, 0.2) is 18.2 Å². The van der Waals surface area contributed by atoms with Crippen LogP contribution < -0.4 is 5.73 Å². The van der Waals surface area contributed by atoms with Crippen molar-refractivity contribution in [2.24, 2.45) is 17.3 Å². The first kappa shape index (κ1) is 12.1. The first-order valence-corrected chi connectivity index (χ1v) is 6.23. The lowest BCUT2D eigenvalue weighted by Crippen LogP contribution is -2.35. The van der Waals surface area contributed by atoms with Crippen LogP contribution in [0.3, 0.4) is 0 Å². The van der Waals surface area contributed by atoms with Crippen LogP contribution in [0.1, 0.15) is 19.4 Å². The number of amides is 2. The molecule has 2 N–H and O–H groups in total. The monoisotopic (exact) mass is 262 g/mol. The summed E-state index contributed by atoms with van der Waals surface area (Å²) in [7, 11) is 0. The molecule has 2 atom stereocenters. The fourth-order valence-corrected chi connectivity index (χ4v) is 3.01. The molecule has 2 fully saturated rings. The molecule has 2 amide bonds. The lowest BCUT2D eigenvalue weighted by Gasteiger charge is -2.20. The van der Waals surface area contributed by atoms with E-state index in [1.807, 2.05) is 13.8 Å². The molecule has 0 spiro atoms. The third-order valence-electron chi connectivity index (χ3n) is 4.30. The molecule has 4 nitrogen and oxygen atoms in total. The Labute approximate surface area is 110 Å². The molecular formula is C14H15FN2O2. The van der Waals surface area contributed by atoms with Gasteiger partial charge in [-0.15, -0.1) is 0 Å². The zero-order valence-electron chi connectivity index (χ0n) is 10.8. The largest absolute Gasteiger partial charge is 0.396 e. The Morgan fingerprint density at radius 1 is 1.26 bits per heavy atom. The Bertz CT molecular complexity index is 573. The summed E-state index contributed by atoms with van der Waals surface area (Å²) in [6.45, 7) is 3.98. The van der Waals surface area contributed by atoms with Crippen molar-refractivity contribution < 1.29 is 14.0 Å². The molecule has 0 bridgehead atoms. The zero-order valence-corrected chi connectivity index (χ0v) is 10.8. The van der Waals surface area contributed by atoms with Gasteiger partial charge >= 0.3 is 0 Å². The molecule has 3 rings (SSSR count). The summed E-state index contributed by atoms with van der Waals surface area (Å²) in [5.74, 6) is -1.20. The Morgan fingerprint density at radius 3 is 2.37 bits per heavy atom. The molecule has 100 valence electrons. The van der Waals surface area contributed by atoms with Crippen molar-refractivity contribution in [1.29, 1.82) is 0 Å². The summed E-state index contributed by atoms with van der Waals surface area (Å²) in [6, 6.07) is 4.35. The predicted octanol–water partition coefficient (Wildman–Crippen LogP) is 1.55. The van der Waals surface area contributed by atoms with Gasteiger partial charge in [-0.05, 0) is 23.1 Å². The summed E-state index contributed by atoms with van der Waals surface area (Å²) in [5.41, 5.74) is 5.82. The van der Waals surface area contributed by atoms with E-state index in [0.29, 0.717) is 5.56 Å². The molecule has 5 heteroatoms. The van der Waals surface area contributed by atoms with Crippen LogP contribution in [0, 0.1) is 23.1 Å². The molecule has 1 aliphatic carbocycles. The number of benzene rings is 1. The summed E-state index contributed by atoms with van der Waals surface area (Å²) in [4.78, 5) is 25.5. The van der Waals surface area contributed by atoms with Crippen LogP contribution in [-0.4, -0.2) is 16.7 Å². The normalized spacial score (nSPS) is 27.6. The average Bonchev–Trinajstić information content (AvgIpc) is 2.81. The van der Waals surface area contributed by atoms with Gasteiger partial charge in [0.2, 0.25) is 11.8 Å². The Balaban J connectivity index is 1.80. The van der Waals surface area contributed by atoms with Crippen LogP contribution in [0.4, 0.5) is 10.1 Å². The van der Waals surface area contributed by atoms with Crippen LogP contribution in [0.2, 0.25) is 0 Å². The standard InChI is InChI=1S/C14H15FN2O2/c1-14(2)10-11(14)13(19)17(12(10)18)6-7-3-4-9(16)8(15)5-7/h3-5,10-11H,6,16H2,1-2H3. The van der Waals surface area contributed by atoms with E-state index in [0.717, 1.165) is 0 Å². The number of carbonyl (C=O) groups is 2. The highest BCUT2D eigenvalue weighted by atomic mass is 19.1. The second-order valence-corrected chi connectivity index (χ2v) is 5.90. The Morgan fingerprint density at radius 2 is 1.84 bits per heavy atom. The van der Waals surface area contributed by atoms with Crippen molar-refractivity contribution in [2.45, 2.75) is 20.4 Å². The number of imide groups is 1. The van der Waals surface area contributed by atoms with E-state index in [1.165, 1.54) is 17.0 Å². The molecule has 2 unspecified atom stereocenters. The van der Waals surface area contributed by atoms with Gasteiger partial charge in [-0.25, -0.2) is 4.39 Å². The van der Waals surface area contributed by atoms with E-state index in [9.17, 15) is 14.0 Å². The van der Waals surface area contributed by atoms with E-state index in [-0.39, 0.29) is 41.3 Å². The number of hydrogen-bond acceptors (Lipinski definition) is 3. The highest BCUT2D eigenvalue weighted by Gasteiger charge is 2.72. The highest BCUT2D eigenvalue weighted by molar-refractivity contribution is 6.10. The van der Waals surface area contributed by atoms with E-state index >= 15 is 0 Å². The second-order valence-electron chi connectivity index (χ2n) is 5.90. The predicted molar refractivity (Wildman–Crippen MR) is 67.1 cm³/mol. The van der Waals surface area contributed by atoms with Crippen LogP contribution >= 0.6 is 0 Å². The smallest absolute Gasteiger partial charge is 0.233 e. The van der Waals surface area contributed by atoms with Gasteiger partial charge < -0.3 is 5.73 Å². The third-order valence-corrected chi connectivity index (χ3v) is 4.30. The van der Waals surface area contributed by atoms with Gasteiger partial charge in [-0.3, -0.25) is 14.5 Å². The van der Waals surface area contributed by atoms with Gasteiger partial charge in [0.15, 0.2) is 0 Å². The van der Waals surface area contributed by atoms with Crippen molar-refractivity contribution in [2.75, 3.05) is 5.73 Å². The van der Waals surface area contributed by atoms with E-state index in [4.69, 9.17) is 5.73 Å². The number of halogens is 1. The van der Waals surface area contributed by atoms with Crippen molar-refractivity contribution in [3.05, 3.63) is 29.6 Å². The number of nitrogens with zero attached hydrogens (tertiary/aromatic N) is 1. The lowest BCUT2D eigenvalue weighted by molar-refractivity contribution is -0.143. The first-order valence-electron chi connectivity index (χ1n) is 6.23. The van der Waals surface area contributed by atoms with E-state index < -0.39 is 5.82 Å². The van der Waals surface area contributed by atoms with Gasteiger partial charge in [0.25, 0.3) is 0 Å². The minimum absolute atomic E-state index is 0.0619. The molecule has 0 aromatic heterocycles. The maximum absolute atomic E-state index is 13.3. The van der Waals surface area contributed by atoms with Gasteiger partial charge in [-0.1, -0.05) is 19.9 Å². The molecular weight excluding hydrogens is 247 g/mol. The van der Waals surface area contributed by atoms with Crippen LogP contribution in [0.25, 0.3) is 0 Å². The molecule has 0 radical (unpaired) electrons. The number of carbonyl (C=O) groups excluding carboxylic acids is 2. The number of rotatable bonds is 2. The summed E-state index contributed by atoms with van der Waals surface area (Å²) in [6.07, 6.45) is 0. The molecule has 1 aliphatic heterocycles. The molecule has 1 saturated carbocycles. The quantitative estimate of drug-likeness (QED) is 0.649. The second kappa shape index (κ2) is 3.56. The van der Waals surface area contributed by atoms with Crippen molar-refractivity contribution in [3.63, 3.8) is 0 Å². The van der Waals surface area contributed by atoms with Crippen molar-refractivity contribution >= 4 is 17.5 Å². The van der Waals surface area contributed by atoms with Crippen molar-refractivity contribution in [1.82, 2.24) is 4.90 Å². The molecule has 1 saturated heterocycles. The zero-order chi connectivity index (χ0) is 13.9. The van der Waals surface area contributed by atoms with Gasteiger partial charge in [0.05, 0.1) is 24.1 Å². The third kappa shape index (κ3) is 1.57. The van der Waals surface area contributed by atoms with Gasteiger partial charge in [-0.2, -0.15) is 0 Å². The van der Waals surface area contributed by atoms with E-state index in [2.05, 4.69) is 0 Å². The summed E-state index contributed by atoms with van der Waals surface area (Å²) >= 11 is 0. The summed E-state index contributed by atoms with van der Waals surface area (Å²) < 4.78 is 13.3. The number of nitrogens with two attached hydrogens (primary N) is 1. The van der Waals surface area contributed by atoms with Crippen molar-refractivity contribution in [3.8, 4) is 0 Å². The number of piperidine rings is 1. The summed E-state index contributed by atoms with van der Waals surface area (Å²) in [5, 5.41) is 0. The molecule has 2 aliphatic rings. The fraction of sp³-hybridized carbons (Fsp3) is 0.429. The molecule has 1 aromatic rings. The topological polar surface area (TPSA) is 63.4 Å². The SMILES string of the molecule is CC1(C)C2C(=O)N(Cc3ccc(N)c(F)c3)C(=O)C21. The minimum atomic E-state index is -0.526. The molecule has 1 aromatic carbocycles. The fourth-order valence-electron chi connectivity index (χ4n) is 3.01. The number of hydrogen-bond donors (Lipinski definition) is 1. The van der Waals surface area contributed by atoms with E-state index in [1.54, 1.807) is 6.07 Å².